The Kier molecular flexibility index (Phi) is 4.99. The van der Waals surface area contributed by atoms with Gasteiger partial charge >= 0.3 is 0 Å². The van der Waals surface area contributed by atoms with E-state index < -0.39 is 0 Å². The maximum Gasteiger partial charge on any atom is 0.194 e. The highest BCUT2D eigenvalue weighted by molar-refractivity contribution is 5.80. The molecule has 0 bridgehead atoms. The molecule has 24 heavy (non-hydrogen) atoms. The molecule has 5 nitrogen and oxygen atoms in total. The molecule has 0 saturated carbocycles. The molecule has 1 N–H and O–H groups in total. The zero-order valence-corrected chi connectivity index (χ0v) is 14.7. The van der Waals surface area contributed by atoms with E-state index in [-0.39, 0.29) is 0 Å². The van der Waals surface area contributed by atoms with Crippen molar-refractivity contribution in [2.45, 2.75) is 19.5 Å². The maximum atomic E-state index is 4.46. The molecule has 1 aromatic heterocycles. The third-order valence-corrected chi connectivity index (χ3v) is 4.36. The van der Waals surface area contributed by atoms with Crippen LogP contribution in [0.25, 0.3) is 0 Å². The van der Waals surface area contributed by atoms with Crippen LogP contribution in [0.4, 0.5) is 5.82 Å². The molecule has 3 rings (SSSR count). The van der Waals surface area contributed by atoms with Crippen LogP contribution in [-0.2, 0) is 19.5 Å². The molecule has 0 fully saturated rings. The molecule has 1 aliphatic rings. The Balaban J connectivity index is 1.65. The number of aromatic nitrogens is 1. The summed E-state index contributed by atoms with van der Waals surface area (Å²) in [7, 11) is 5.86. The van der Waals surface area contributed by atoms with Crippen molar-refractivity contribution in [1.82, 2.24) is 15.2 Å². The van der Waals surface area contributed by atoms with Crippen LogP contribution in [0.1, 0.15) is 16.7 Å². The van der Waals surface area contributed by atoms with Crippen molar-refractivity contribution in [3.05, 3.63) is 59.3 Å². The van der Waals surface area contributed by atoms with Gasteiger partial charge in [-0.25, -0.2) is 4.98 Å². The summed E-state index contributed by atoms with van der Waals surface area (Å²) in [6.45, 7) is 2.65. The second-order valence-corrected chi connectivity index (χ2v) is 6.26. The van der Waals surface area contributed by atoms with E-state index in [2.05, 4.69) is 50.5 Å². The van der Waals surface area contributed by atoms with E-state index in [4.69, 9.17) is 0 Å². The molecule has 0 atom stereocenters. The Morgan fingerprint density at radius 2 is 2.04 bits per heavy atom. The Hall–Kier alpha value is -2.56. The first kappa shape index (κ1) is 16.3. The number of anilines is 1. The van der Waals surface area contributed by atoms with Gasteiger partial charge in [-0.2, -0.15) is 0 Å². The average Bonchev–Trinajstić information content (AvgIpc) is 2.62. The van der Waals surface area contributed by atoms with E-state index in [1.54, 1.807) is 0 Å². The maximum absolute atomic E-state index is 4.46. The van der Waals surface area contributed by atoms with Crippen molar-refractivity contribution < 1.29 is 0 Å². The largest absolute Gasteiger partial charge is 0.363 e. The number of rotatable bonds is 3. The summed E-state index contributed by atoms with van der Waals surface area (Å²) < 4.78 is 0. The van der Waals surface area contributed by atoms with Gasteiger partial charge in [-0.3, -0.25) is 4.99 Å². The van der Waals surface area contributed by atoms with E-state index in [0.29, 0.717) is 0 Å². The Bertz CT molecular complexity index is 723. The minimum atomic E-state index is 0.744. The van der Waals surface area contributed by atoms with Crippen LogP contribution in [0.5, 0.6) is 0 Å². The summed E-state index contributed by atoms with van der Waals surface area (Å²) in [5.74, 6) is 1.92. The van der Waals surface area contributed by atoms with Crippen LogP contribution in [0.3, 0.4) is 0 Å². The molecule has 0 saturated heterocycles. The fourth-order valence-electron chi connectivity index (χ4n) is 3.01. The van der Waals surface area contributed by atoms with Gasteiger partial charge in [0.2, 0.25) is 0 Å². The van der Waals surface area contributed by atoms with Crippen molar-refractivity contribution in [1.29, 1.82) is 0 Å². The quantitative estimate of drug-likeness (QED) is 0.695. The van der Waals surface area contributed by atoms with Crippen LogP contribution in [0.2, 0.25) is 0 Å². The molecule has 0 unspecified atom stereocenters. The van der Waals surface area contributed by atoms with Gasteiger partial charge < -0.3 is 15.1 Å². The highest BCUT2D eigenvalue weighted by Gasteiger charge is 2.18. The van der Waals surface area contributed by atoms with Crippen molar-refractivity contribution >= 4 is 11.8 Å². The summed E-state index contributed by atoms with van der Waals surface area (Å²) in [6, 6.07) is 12.8. The lowest BCUT2D eigenvalue weighted by molar-refractivity contribution is 0.378. The van der Waals surface area contributed by atoms with Crippen molar-refractivity contribution in [2.24, 2.45) is 4.99 Å². The Morgan fingerprint density at radius 3 is 2.79 bits per heavy atom. The van der Waals surface area contributed by atoms with Crippen molar-refractivity contribution in [2.75, 3.05) is 32.6 Å². The van der Waals surface area contributed by atoms with Crippen LogP contribution in [0, 0.1) is 0 Å². The molecule has 0 amide bonds. The second kappa shape index (κ2) is 7.34. The topological polar surface area (TPSA) is 43.8 Å². The molecule has 126 valence electrons. The highest BCUT2D eigenvalue weighted by atomic mass is 15.3. The zero-order valence-electron chi connectivity index (χ0n) is 14.7. The monoisotopic (exact) mass is 323 g/mol. The van der Waals surface area contributed by atoms with Crippen molar-refractivity contribution in [3.63, 3.8) is 0 Å². The van der Waals surface area contributed by atoms with E-state index >= 15 is 0 Å². The van der Waals surface area contributed by atoms with E-state index in [9.17, 15) is 0 Å². The lowest BCUT2D eigenvalue weighted by Gasteiger charge is -2.31. The average molecular weight is 323 g/mol. The third-order valence-electron chi connectivity index (χ3n) is 4.36. The number of hydrogen-bond donors (Lipinski definition) is 1. The van der Waals surface area contributed by atoms with Gasteiger partial charge in [0.05, 0.1) is 0 Å². The van der Waals surface area contributed by atoms with Gasteiger partial charge in [0.1, 0.15) is 5.82 Å². The molecule has 1 aliphatic heterocycles. The van der Waals surface area contributed by atoms with E-state index in [0.717, 1.165) is 37.8 Å². The summed E-state index contributed by atoms with van der Waals surface area (Å²) in [4.78, 5) is 13.2. The fraction of sp³-hybridized carbons (Fsp3) is 0.368. The molecule has 2 heterocycles. The number of nitrogens with zero attached hydrogens (tertiary/aromatic N) is 4. The smallest absolute Gasteiger partial charge is 0.194 e. The predicted molar refractivity (Wildman–Crippen MR) is 99.3 cm³/mol. The number of pyridine rings is 1. The molecule has 5 heteroatoms. The number of guanidine groups is 1. The van der Waals surface area contributed by atoms with Crippen LogP contribution >= 0.6 is 0 Å². The highest BCUT2D eigenvalue weighted by Crippen LogP contribution is 2.18. The first-order chi connectivity index (χ1) is 11.7. The molecular weight excluding hydrogens is 298 g/mol. The Morgan fingerprint density at radius 1 is 1.25 bits per heavy atom. The first-order valence-electron chi connectivity index (χ1n) is 8.32. The number of fused-ring (bicyclic) bond motifs is 1. The number of aliphatic imine (C=N–C) groups is 1. The molecule has 0 spiro atoms. The summed E-state index contributed by atoms with van der Waals surface area (Å²) in [5.41, 5.74) is 4.05. The molecule has 1 aromatic carbocycles. The predicted octanol–water partition coefficient (Wildman–Crippen LogP) is 2.28. The number of hydrogen-bond acceptors (Lipinski definition) is 3. The van der Waals surface area contributed by atoms with Crippen molar-refractivity contribution in [3.8, 4) is 0 Å². The molecule has 0 aliphatic carbocycles. The SMILES string of the molecule is CN=C(NCc1ccnc(N(C)C)c1)N1CCc2ccccc2C1. The Labute approximate surface area is 144 Å². The van der Waals surface area contributed by atoms with E-state index in [1.165, 1.54) is 16.7 Å². The number of benzene rings is 1. The van der Waals surface area contributed by atoms with Gasteiger partial charge in [-0.1, -0.05) is 24.3 Å². The van der Waals surface area contributed by atoms with Gasteiger partial charge in [-0.05, 0) is 35.2 Å². The molecular formula is C19H25N5. The van der Waals surface area contributed by atoms with Gasteiger partial charge in [-0.15, -0.1) is 0 Å². The van der Waals surface area contributed by atoms with Gasteiger partial charge in [0, 0.05) is 47.0 Å². The minimum absolute atomic E-state index is 0.744. The zero-order chi connectivity index (χ0) is 16.9. The molecule has 0 radical (unpaired) electrons. The normalized spacial score (nSPS) is 14.3. The van der Waals surface area contributed by atoms with Crippen LogP contribution in [-0.4, -0.2) is 43.5 Å². The lowest BCUT2D eigenvalue weighted by Crippen LogP contribution is -2.43. The molecule has 2 aromatic rings. The fourth-order valence-corrected chi connectivity index (χ4v) is 3.01. The van der Waals surface area contributed by atoms with Gasteiger partial charge in [0.25, 0.3) is 0 Å². The minimum Gasteiger partial charge on any atom is -0.363 e. The summed E-state index contributed by atoms with van der Waals surface area (Å²) >= 11 is 0. The second-order valence-electron chi connectivity index (χ2n) is 6.26. The number of nitrogens with one attached hydrogen (secondary N) is 1. The van der Waals surface area contributed by atoms with Gasteiger partial charge in [0.15, 0.2) is 5.96 Å². The first-order valence-corrected chi connectivity index (χ1v) is 8.32. The lowest BCUT2D eigenvalue weighted by atomic mass is 10.0. The van der Waals surface area contributed by atoms with Crippen LogP contribution in [0.15, 0.2) is 47.6 Å². The third kappa shape index (κ3) is 3.67. The summed E-state index contributed by atoms with van der Waals surface area (Å²) in [6.07, 6.45) is 2.92. The standard InChI is InChI=1S/C19H25N5/c1-20-19(22-13-15-8-10-21-18(12-15)23(2)3)24-11-9-16-6-4-5-7-17(16)14-24/h4-8,10,12H,9,11,13-14H2,1-3H3,(H,20,22). The van der Waals surface area contributed by atoms with E-state index in [1.807, 2.05) is 38.3 Å². The summed E-state index contributed by atoms with van der Waals surface area (Å²) in [5, 5.41) is 3.48. The van der Waals surface area contributed by atoms with Crippen LogP contribution < -0.4 is 10.2 Å².